The summed E-state index contributed by atoms with van der Waals surface area (Å²) in [6.07, 6.45) is 0. The zero-order valence-corrected chi connectivity index (χ0v) is 7.93. The standard InChI is InChI=1S/C7H5NO6S/c9-7(10)5-2-1-4(8(11)12)3-6(5)15(13)14/h1-3H,(H,9,10)(H,13,14). The van der Waals surface area contributed by atoms with Gasteiger partial charge in [-0.05, 0) is 6.07 Å². The highest BCUT2D eigenvalue weighted by Crippen LogP contribution is 2.20. The van der Waals surface area contributed by atoms with Crippen LogP contribution in [0.25, 0.3) is 0 Å². The molecule has 1 aromatic rings. The predicted octanol–water partition coefficient (Wildman–Crippen LogP) is 0.874. The Labute approximate surface area is 85.8 Å². The molecule has 0 fully saturated rings. The lowest BCUT2D eigenvalue weighted by Crippen LogP contribution is -2.04. The van der Waals surface area contributed by atoms with Crippen LogP contribution >= 0.6 is 0 Å². The van der Waals surface area contributed by atoms with Gasteiger partial charge in [0.05, 0.1) is 15.4 Å². The van der Waals surface area contributed by atoms with Crippen LogP contribution in [0.5, 0.6) is 0 Å². The molecule has 0 radical (unpaired) electrons. The number of hydrogen-bond donors (Lipinski definition) is 2. The van der Waals surface area contributed by atoms with Gasteiger partial charge in [0, 0.05) is 12.1 Å². The largest absolute Gasteiger partial charge is 0.478 e. The number of nitro benzene ring substituents is 1. The molecule has 0 aliphatic heterocycles. The van der Waals surface area contributed by atoms with Crippen molar-refractivity contribution in [2.45, 2.75) is 4.90 Å². The molecule has 0 aromatic heterocycles. The molecule has 0 amide bonds. The van der Waals surface area contributed by atoms with Crippen molar-refractivity contribution in [3.8, 4) is 0 Å². The maximum atomic E-state index is 10.7. The monoisotopic (exact) mass is 231 g/mol. The smallest absolute Gasteiger partial charge is 0.337 e. The molecule has 0 heterocycles. The maximum absolute atomic E-state index is 10.7. The highest BCUT2D eigenvalue weighted by molar-refractivity contribution is 7.79. The summed E-state index contributed by atoms with van der Waals surface area (Å²) in [6, 6.07) is 2.64. The first-order valence-corrected chi connectivity index (χ1v) is 4.66. The summed E-state index contributed by atoms with van der Waals surface area (Å²) >= 11 is -2.57. The van der Waals surface area contributed by atoms with E-state index in [-0.39, 0.29) is 0 Å². The fourth-order valence-corrected chi connectivity index (χ4v) is 1.51. The van der Waals surface area contributed by atoms with Gasteiger partial charge in [-0.2, -0.15) is 0 Å². The first kappa shape index (κ1) is 11.3. The molecule has 1 atom stereocenters. The number of hydrogen-bond acceptors (Lipinski definition) is 4. The SMILES string of the molecule is O=C(O)c1ccc([N+](=O)[O-])cc1S(=O)O. The molecule has 1 unspecified atom stereocenters. The number of carboxylic acid groups (broad SMARTS) is 1. The lowest BCUT2D eigenvalue weighted by Gasteiger charge is -2.00. The molecule has 80 valence electrons. The molecule has 0 aliphatic carbocycles. The molecule has 0 spiro atoms. The van der Waals surface area contributed by atoms with Gasteiger partial charge in [0.25, 0.3) is 5.69 Å². The van der Waals surface area contributed by atoms with Crippen molar-refractivity contribution in [1.29, 1.82) is 0 Å². The molecular weight excluding hydrogens is 226 g/mol. The average molecular weight is 231 g/mol. The molecule has 0 saturated heterocycles. The number of non-ortho nitro benzene ring substituents is 1. The first-order chi connectivity index (χ1) is 6.93. The highest BCUT2D eigenvalue weighted by Gasteiger charge is 2.18. The van der Waals surface area contributed by atoms with Gasteiger partial charge in [0.1, 0.15) is 0 Å². The summed E-state index contributed by atoms with van der Waals surface area (Å²) in [5.41, 5.74) is -0.862. The summed E-state index contributed by atoms with van der Waals surface area (Å²) in [5.74, 6) is -1.41. The molecule has 15 heavy (non-hydrogen) atoms. The normalized spacial score (nSPS) is 12.1. The van der Waals surface area contributed by atoms with Crippen LogP contribution in [0.2, 0.25) is 0 Å². The zero-order chi connectivity index (χ0) is 11.6. The minimum absolute atomic E-state index is 0.429. The van der Waals surface area contributed by atoms with E-state index in [0.717, 1.165) is 18.2 Å². The van der Waals surface area contributed by atoms with Crippen LogP contribution in [-0.2, 0) is 11.1 Å². The number of carboxylic acids is 1. The third-order valence-electron chi connectivity index (χ3n) is 1.59. The maximum Gasteiger partial charge on any atom is 0.337 e. The zero-order valence-electron chi connectivity index (χ0n) is 7.11. The number of nitrogens with zero attached hydrogens (tertiary/aromatic N) is 1. The second kappa shape index (κ2) is 4.15. The van der Waals surface area contributed by atoms with Crippen LogP contribution in [0.3, 0.4) is 0 Å². The lowest BCUT2D eigenvalue weighted by molar-refractivity contribution is -0.385. The first-order valence-electron chi connectivity index (χ1n) is 3.56. The third kappa shape index (κ3) is 2.36. The molecule has 8 heteroatoms. The third-order valence-corrected chi connectivity index (χ3v) is 2.31. The van der Waals surface area contributed by atoms with Gasteiger partial charge in [-0.15, -0.1) is 0 Å². The van der Waals surface area contributed by atoms with Gasteiger partial charge in [0.15, 0.2) is 11.1 Å². The van der Waals surface area contributed by atoms with Gasteiger partial charge in [-0.1, -0.05) is 0 Å². The van der Waals surface area contributed by atoms with E-state index in [9.17, 15) is 19.1 Å². The fraction of sp³-hybridized carbons (Fsp3) is 0. The molecular formula is C7H5NO6S. The van der Waals surface area contributed by atoms with Crippen molar-refractivity contribution in [3.05, 3.63) is 33.9 Å². The Morgan fingerprint density at radius 1 is 1.47 bits per heavy atom. The van der Waals surface area contributed by atoms with Gasteiger partial charge in [0.2, 0.25) is 0 Å². The summed E-state index contributed by atoms with van der Waals surface area (Å²) in [7, 11) is 0. The van der Waals surface area contributed by atoms with E-state index in [1.54, 1.807) is 0 Å². The van der Waals surface area contributed by atoms with Gasteiger partial charge >= 0.3 is 5.97 Å². The second-order valence-corrected chi connectivity index (χ2v) is 3.43. The summed E-state index contributed by atoms with van der Waals surface area (Å²) < 4.78 is 19.5. The Balaban J connectivity index is 3.40. The number of rotatable bonds is 3. The number of nitro groups is 1. The van der Waals surface area contributed by atoms with E-state index in [1.165, 1.54) is 0 Å². The number of benzene rings is 1. The van der Waals surface area contributed by atoms with Crippen LogP contribution in [-0.4, -0.2) is 24.8 Å². The van der Waals surface area contributed by atoms with Crippen molar-refractivity contribution >= 4 is 22.7 Å². The van der Waals surface area contributed by atoms with Gasteiger partial charge in [-0.3, -0.25) is 10.1 Å². The van der Waals surface area contributed by atoms with Crippen LogP contribution < -0.4 is 0 Å². The van der Waals surface area contributed by atoms with Crippen LogP contribution in [0.4, 0.5) is 5.69 Å². The summed E-state index contributed by atoms with van der Waals surface area (Å²) in [4.78, 5) is 19.7. The minimum Gasteiger partial charge on any atom is -0.478 e. The van der Waals surface area contributed by atoms with Crippen molar-refractivity contribution in [1.82, 2.24) is 0 Å². The Kier molecular flexibility index (Phi) is 3.12. The molecule has 1 aromatic carbocycles. The Hall–Kier alpha value is -1.80. The number of carbonyl (C=O) groups is 1. The van der Waals surface area contributed by atoms with Crippen LogP contribution in [0, 0.1) is 10.1 Å². The summed E-state index contributed by atoms with van der Waals surface area (Å²) in [5, 5.41) is 19.0. The van der Waals surface area contributed by atoms with Crippen molar-refractivity contribution in [2.24, 2.45) is 0 Å². The Morgan fingerprint density at radius 3 is 2.47 bits per heavy atom. The van der Waals surface area contributed by atoms with Gasteiger partial charge in [-0.25, -0.2) is 9.00 Å². The quantitative estimate of drug-likeness (QED) is 0.452. The van der Waals surface area contributed by atoms with E-state index in [4.69, 9.17) is 9.66 Å². The molecule has 0 saturated carbocycles. The fourth-order valence-electron chi connectivity index (χ4n) is 0.946. The molecule has 1 rings (SSSR count). The van der Waals surface area contributed by atoms with Gasteiger partial charge < -0.3 is 9.66 Å². The van der Waals surface area contributed by atoms with E-state index >= 15 is 0 Å². The lowest BCUT2D eigenvalue weighted by atomic mass is 10.2. The van der Waals surface area contributed by atoms with Crippen LogP contribution in [0.15, 0.2) is 23.1 Å². The molecule has 0 bridgehead atoms. The molecule has 2 N–H and O–H groups in total. The molecule has 7 nitrogen and oxygen atoms in total. The van der Waals surface area contributed by atoms with Crippen molar-refractivity contribution in [2.75, 3.05) is 0 Å². The van der Waals surface area contributed by atoms with E-state index in [0.29, 0.717) is 0 Å². The van der Waals surface area contributed by atoms with E-state index in [1.807, 2.05) is 0 Å². The molecule has 0 aliphatic rings. The highest BCUT2D eigenvalue weighted by atomic mass is 32.2. The Morgan fingerprint density at radius 2 is 2.07 bits per heavy atom. The average Bonchev–Trinajstić information content (AvgIpc) is 2.16. The Bertz CT molecular complexity index is 457. The predicted molar refractivity (Wildman–Crippen MR) is 49.1 cm³/mol. The van der Waals surface area contributed by atoms with Crippen molar-refractivity contribution in [3.63, 3.8) is 0 Å². The summed E-state index contributed by atoms with van der Waals surface area (Å²) in [6.45, 7) is 0. The number of aromatic carboxylic acids is 1. The topological polar surface area (TPSA) is 118 Å². The minimum atomic E-state index is -2.57. The van der Waals surface area contributed by atoms with Crippen molar-refractivity contribution < 1.29 is 23.6 Å². The van der Waals surface area contributed by atoms with Crippen LogP contribution in [0.1, 0.15) is 10.4 Å². The van der Waals surface area contributed by atoms with E-state index in [2.05, 4.69) is 0 Å². The second-order valence-electron chi connectivity index (χ2n) is 2.49. The van der Waals surface area contributed by atoms with E-state index < -0.39 is 38.1 Å².